The molecule has 3 heteroatoms. The van der Waals surface area contributed by atoms with Gasteiger partial charge < -0.3 is 10.2 Å². The van der Waals surface area contributed by atoms with Crippen molar-refractivity contribution >= 4 is 5.91 Å². The summed E-state index contributed by atoms with van der Waals surface area (Å²) in [4.78, 5) is 14.4. The fourth-order valence-corrected chi connectivity index (χ4v) is 2.75. The summed E-state index contributed by atoms with van der Waals surface area (Å²) in [6.07, 6.45) is 1.11. The molecule has 1 aliphatic heterocycles. The molecule has 18 heavy (non-hydrogen) atoms. The predicted octanol–water partition coefficient (Wildman–Crippen LogP) is 1.98. The van der Waals surface area contributed by atoms with Gasteiger partial charge in [0.1, 0.15) is 0 Å². The fourth-order valence-electron chi connectivity index (χ4n) is 2.75. The molecule has 1 atom stereocenters. The van der Waals surface area contributed by atoms with Crippen LogP contribution in [0.5, 0.6) is 0 Å². The van der Waals surface area contributed by atoms with Crippen LogP contribution in [0.3, 0.4) is 0 Å². The molecule has 1 aromatic rings. The van der Waals surface area contributed by atoms with Gasteiger partial charge in [-0.1, -0.05) is 17.2 Å². The maximum Gasteiger partial charge on any atom is 0.253 e. The van der Waals surface area contributed by atoms with E-state index in [1.165, 1.54) is 0 Å². The van der Waals surface area contributed by atoms with Gasteiger partial charge in [0.05, 0.1) is 0 Å². The van der Waals surface area contributed by atoms with Gasteiger partial charge in [0.15, 0.2) is 0 Å². The van der Waals surface area contributed by atoms with E-state index < -0.39 is 0 Å². The van der Waals surface area contributed by atoms with Gasteiger partial charge in [-0.15, -0.1) is 0 Å². The van der Waals surface area contributed by atoms with Gasteiger partial charge in [0.25, 0.3) is 5.91 Å². The molecule has 98 valence electrons. The number of rotatable bonds is 3. The van der Waals surface area contributed by atoms with E-state index in [9.17, 15) is 4.79 Å². The Bertz CT molecular complexity index is 422. The predicted molar refractivity (Wildman–Crippen MR) is 73.9 cm³/mol. The lowest BCUT2D eigenvalue weighted by Crippen LogP contribution is -2.30. The number of hydrogen-bond acceptors (Lipinski definition) is 2. The summed E-state index contributed by atoms with van der Waals surface area (Å²) in [5.74, 6) is 0.783. The summed E-state index contributed by atoms with van der Waals surface area (Å²) in [7, 11) is 1.97. The number of carbonyl (C=O) groups is 1. The first-order valence-corrected chi connectivity index (χ1v) is 6.62. The van der Waals surface area contributed by atoms with Crippen molar-refractivity contribution in [3.8, 4) is 0 Å². The van der Waals surface area contributed by atoms with Gasteiger partial charge in [0.2, 0.25) is 0 Å². The zero-order valence-corrected chi connectivity index (χ0v) is 11.5. The number of nitrogens with zero attached hydrogens (tertiary/aromatic N) is 1. The topological polar surface area (TPSA) is 32.3 Å². The fraction of sp³-hybridized carbons (Fsp3) is 0.533. The molecule has 1 fully saturated rings. The summed E-state index contributed by atoms with van der Waals surface area (Å²) in [5.41, 5.74) is 3.14. The molecule has 1 N–H and O–H groups in total. The zero-order valence-electron chi connectivity index (χ0n) is 11.5. The van der Waals surface area contributed by atoms with Crippen LogP contribution in [0.1, 0.15) is 27.9 Å². The molecule has 0 unspecified atom stereocenters. The molecule has 1 heterocycles. The Morgan fingerprint density at radius 1 is 1.33 bits per heavy atom. The second kappa shape index (κ2) is 5.53. The molecule has 0 radical (unpaired) electrons. The Balaban J connectivity index is 2.08. The van der Waals surface area contributed by atoms with E-state index in [1.807, 2.05) is 37.9 Å². The average molecular weight is 246 g/mol. The number of benzene rings is 1. The monoisotopic (exact) mass is 246 g/mol. The molecule has 1 aromatic carbocycles. The lowest BCUT2D eigenvalue weighted by Gasteiger charge is -2.17. The van der Waals surface area contributed by atoms with E-state index >= 15 is 0 Å². The molecular weight excluding hydrogens is 224 g/mol. The quantitative estimate of drug-likeness (QED) is 0.884. The summed E-state index contributed by atoms with van der Waals surface area (Å²) in [6, 6.07) is 6.08. The average Bonchev–Trinajstić information content (AvgIpc) is 2.76. The van der Waals surface area contributed by atoms with E-state index in [2.05, 4.69) is 11.4 Å². The van der Waals surface area contributed by atoms with E-state index in [0.717, 1.165) is 42.7 Å². The van der Waals surface area contributed by atoms with Gasteiger partial charge in [-0.2, -0.15) is 0 Å². The molecule has 0 bridgehead atoms. The summed E-state index contributed by atoms with van der Waals surface area (Å²) >= 11 is 0. The number of likely N-dealkylation sites (tertiary alicyclic amines) is 1. The zero-order chi connectivity index (χ0) is 13.1. The maximum absolute atomic E-state index is 12.4. The lowest BCUT2D eigenvalue weighted by atomic mass is 10.1. The Labute approximate surface area is 109 Å². The third kappa shape index (κ3) is 2.91. The van der Waals surface area contributed by atoms with E-state index in [4.69, 9.17) is 0 Å². The van der Waals surface area contributed by atoms with E-state index in [1.54, 1.807) is 0 Å². The molecule has 1 aliphatic rings. The number of aryl methyl sites for hydroxylation is 2. The minimum atomic E-state index is 0.181. The Morgan fingerprint density at radius 3 is 2.61 bits per heavy atom. The van der Waals surface area contributed by atoms with Crippen molar-refractivity contribution in [3.63, 3.8) is 0 Å². The van der Waals surface area contributed by atoms with Crippen LogP contribution in [0.25, 0.3) is 0 Å². The van der Waals surface area contributed by atoms with Crippen molar-refractivity contribution in [2.45, 2.75) is 20.3 Å². The van der Waals surface area contributed by atoms with Crippen molar-refractivity contribution < 1.29 is 4.79 Å². The number of carbonyl (C=O) groups excluding carboxylic acids is 1. The Kier molecular flexibility index (Phi) is 4.02. The van der Waals surface area contributed by atoms with Gasteiger partial charge >= 0.3 is 0 Å². The summed E-state index contributed by atoms with van der Waals surface area (Å²) < 4.78 is 0. The number of amides is 1. The van der Waals surface area contributed by atoms with Gasteiger partial charge in [-0.05, 0) is 51.9 Å². The second-order valence-corrected chi connectivity index (χ2v) is 5.34. The van der Waals surface area contributed by atoms with Crippen molar-refractivity contribution in [3.05, 3.63) is 34.9 Å². The van der Waals surface area contributed by atoms with E-state index in [0.29, 0.717) is 5.92 Å². The van der Waals surface area contributed by atoms with Gasteiger partial charge in [-0.25, -0.2) is 0 Å². The van der Waals surface area contributed by atoms with Crippen LogP contribution in [0.15, 0.2) is 18.2 Å². The first-order chi connectivity index (χ1) is 8.60. The molecule has 1 amide bonds. The van der Waals surface area contributed by atoms with Crippen molar-refractivity contribution in [2.75, 3.05) is 26.7 Å². The minimum absolute atomic E-state index is 0.181. The summed E-state index contributed by atoms with van der Waals surface area (Å²) in [6.45, 7) is 6.84. The van der Waals surface area contributed by atoms with Crippen LogP contribution in [0.2, 0.25) is 0 Å². The largest absolute Gasteiger partial charge is 0.338 e. The first kappa shape index (κ1) is 13.1. The molecular formula is C15H22N2O. The highest BCUT2D eigenvalue weighted by Gasteiger charge is 2.26. The maximum atomic E-state index is 12.4. The molecule has 0 spiro atoms. The second-order valence-electron chi connectivity index (χ2n) is 5.34. The smallest absolute Gasteiger partial charge is 0.253 e. The highest BCUT2D eigenvalue weighted by atomic mass is 16.2. The normalized spacial score (nSPS) is 19.3. The minimum Gasteiger partial charge on any atom is -0.338 e. The van der Waals surface area contributed by atoms with Crippen molar-refractivity contribution in [1.82, 2.24) is 10.2 Å². The highest BCUT2D eigenvalue weighted by molar-refractivity contribution is 5.94. The van der Waals surface area contributed by atoms with Gasteiger partial charge in [0, 0.05) is 18.7 Å². The molecule has 0 aliphatic carbocycles. The summed E-state index contributed by atoms with van der Waals surface area (Å²) in [5, 5.41) is 3.19. The van der Waals surface area contributed by atoms with Crippen LogP contribution < -0.4 is 5.32 Å². The first-order valence-electron chi connectivity index (χ1n) is 6.62. The highest BCUT2D eigenvalue weighted by Crippen LogP contribution is 2.19. The molecule has 0 saturated carbocycles. The van der Waals surface area contributed by atoms with Crippen LogP contribution in [-0.4, -0.2) is 37.5 Å². The van der Waals surface area contributed by atoms with Gasteiger partial charge in [-0.3, -0.25) is 4.79 Å². The Hall–Kier alpha value is -1.35. The van der Waals surface area contributed by atoms with Crippen LogP contribution >= 0.6 is 0 Å². The standard InChI is InChI=1S/C15H22N2O/c1-11-6-12(2)8-14(7-11)15(18)17-5-4-13(10-17)9-16-3/h6-8,13,16H,4-5,9-10H2,1-3H3/t13-/m0/s1. The van der Waals surface area contributed by atoms with E-state index in [-0.39, 0.29) is 5.91 Å². The van der Waals surface area contributed by atoms with Crippen LogP contribution in [0.4, 0.5) is 0 Å². The van der Waals surface area contributed by atoms with Crippen molar-refractivity contribution in [1.29, 1.82) is 0 Å². The third-order valence-electron chi connectivity index (χ3n) is 3.53. The van der Waals surface area contributed by atoms with Crippen LogP contribution in [0, 0.1) is 19.8 Å². The molecule has 2 rings (SSSR count). The third-order valence-corrected chi connectivity index (χ3v) is 3.53. The van der Waals surface area contributed by atoms with Crippen molar-refractivity contribution in [2.24, 2.45) is 5.92 Å². The SMILES string of the molecule is CNC[C@@H]1CCN(C(=O)c2cc(C)cc(C)c2)C1. The molecule has 1 saturated heterocycles. The Morgan fingerprint density at radius 2 is 2.00 bits per heavy atom. The molecule has 3 nitrogen and oxygen atoms in total. The van der Waals surface area contributed by atoms with Crippen LogP contribution in [-0.2, 0) is 0 Å². The molecule has 0 aromatic heterocycles. The lowest BCUT2D eigenvalue weighted by molar-refractivity contribution is 0.0787. The number of hydrogen-bond donors (Lipinski definition) is 1. The number of nitrogens with one attached hydrogen (secondary N) is 1.